The predicted molar refractivity (Wildman–Crippen MR) is 72.4 cm³/mol. The van der Waals surface area contributed by atoms with Crippen molar-refractivity contribution >= 4 is 5.69 Å². The van der Waals surface area contributed by atoms with Crippen LogP contribution >= 0.6 is 0 Å². The lowest BCUT2D eigenvalue weighted by Gasteiger charge is -2.19. The Labute approximate surface area is 120 Å². The Morgan fingerprint density at radius 3 is 2.43 bits per heavy atom. The minimum absolute atomic E-state index is 0.0237. The van der Waals surface area contributed by atoms with E-state index in [1.807, 2.05) is 0 Å². The molecule has 0 radical (unpaired) electrons. The number of nitrogens with one attached hydrogen (secondary N) is 1. The smallest absolute Gasteiger partial charge is 0.378 e. The van der Waals surface area contributed by atoms with Gasteiger partial charge in [0.25, 0.3) is 0 Å². The lowest BCUT2D eigenvalue weighted by Crippen LogP contribution is -2.14. The monoisotopic (exact) mass is 291 g/mol. The molecule has 0 aliphatic heterocycles. The Balaban J connectivity index is 2.34. The van der Waals surface area contributed by atoms with Crippen molar-refractivity contribution < 1.29 is 13.2 Å². The van der Waals surface area contributed by atoms with Crippen molar-refractivity contribution in [1.82, 2.24) is 4.98 Å². The molecule has 21 heavy (non-hydrogen) atoms. The van der Waals surface area contributed by atoms with E-state index < -0.39 is 11.7 Å². The second kappa shape index (κ2) is 5.83. The SMILES string of the molecule is CC(Nc1ccc(C#N)cc1C(F)(F)F)c1ccncc1. The van der Waals surface area contributed by atoms with Crippen LogP contribution in [0.1, 0.15) is 29.7 Å². The highest BCUT2D eigenvalue weighted by atomic mass is 19.4. The van der Waals surface area contributed by atoms with Crippen molar-refractivity contribution in [2.45, 2.75) is 19.1 Å². The zero-order valence-electron chi connectivity index (χ0n) is 11.1. The van der Waals surface area contributed by atoms with Gasteiger partial charge in [0.15, 0.2) is 0 Å². The zero-order valence-corrected chi connectivity index (χ0v) is 11.1. The minimum atomic E-state index is -4.52. The molecule has 1 heterocycles. The van der Waals surface area contributed by atoms with Gasteiger partial charge < -0.3 is 5.32 Å². The van der Waals surface area contributed by atoms with Crippen LogP contribution in [0.4, 0.5) is 18.9 Å². The van der Waals surface area contributed by atoms with Crippen LogP contribution in [0.3, 0.4) is 0 Å². The first-order valence-electron chi connectivity index (χ1n) is 6.19. The van der Waals surface area contributed by atoms with E-state index in [2.05, 4.69) is 10.3 Å². The van der Waals surface area contributed by atoms with E-state index in [4.69, 9.17) is 5.26 Å². The van der Waals surface area contributed by atoms with Crippen molar-refractivity contribution in [2.24, 2.45) is 0 Å². The first-order valence-corrected chi connectivity index (χ1v) is 6.19. The van der Waals surface area contributed by atoms with Crippen molar-refractivity contribution in [3.05, 3.63) is 59.4 Å². The number of nitriles is 1. The normalized spacial score (nSPS) is 12.5. The zero-order chi connectivity index (χ0) is 15.5. The van der Waals surface area contributed by atoms with Crippen LogP contribution in [0.5, 0.6) is 0 Å². The summed E-state index contributed by atoms with van der Waals surface area (Å²) in [5, 5.41) is 11.6. The number of nitrogens with zero attached hydrogens (tertiary/aromatic N) is 2. The van der Waals surface area contributed by atoms with Gasteiger partial charge in [-0.2, -0.15) is 18.4 Å². The van der Waals surface area contributed by atoms with Gasteiger partial charge in [-0.3, -0.25) is 4.98 Å². The van der Waals surface area contributed by atoms with Crippen LogP contribution in [-0.2, 0) is 6.18 Å². The second-order valence-corrected chi connectivity index (χ2v) is 4.52. The molecule has 0 spiro atoms. The fourth-order valence-corrected chi connectivity index (χ4v) is 1.94. The molecule has 0 aliphatic carbocycles. The molecule has 0 amide bonds. The van der Waals surface area contributed by atoms with Crippen LogP contribution in [0.2, 0.25) is 0 Å². The molecule has 1 unspecified atom stereocenters. The topological polar surface area (TPSA) is 48.7 Å². The van der Waals surface area contributed by atoms with Crippen molar-refractivity contribution in [3.63, 3.8) is 0 Å². The van der Waals surface area contributed by atoms with E-state index in [1.165, 1.54) is 12.1 Å². The largest absolute Gasteiger partial charge is 0.418 e. The standard InChI is InChI=1S/C15H12F3N3/c1-10(12-4-6-20-7-5-12)21-14-3-2-11(9-19)8-13(14)15(16,17)18/h2-8,10,21H,1H3. The summed E-state index contributed by atoms with van der Waals surface area (Å²) in [5.74, 6) is 0. The summed E-state index contributed by atoms with van der Waals surface area (Å²) in [6.45, 7) is 1.76. The summed E-state index contributed by atoms with van der Waals surface area (Å²) in [6.07, 6.45) is -1.36. The summed E-state index contributed by atoms with van der Waals surface area (Å²) in [4.78, 5) is 3.87. The highest BCUT2D eigenvalue weighted by Gasteiger charge is 2.34. The van der Waals surface area contributed by atoms with Gasteiger partial charge in [-0.05, 0) is 42.8 Å². The Bertz CT molecular complexity index is 660. The van der Waals surface area contributed by atoms with Gasteiger partial charge in [0, 0.05) is 24.1 Å². The van der Waals surface area contributed by atoms with Crippen LogP contribution in [0.25, 0.3) is 0 Å². The van der Waals surface area contributed by atoms with E-state index in [0.717, 1.165) is 11.6 Å². The average Bonchev–Trinajstić information content (AvgIpc) is 2.47. The van der Waals surface area contributed by atoms with Crippen LogP contribution in [0.15, 0.2) is 42.7 Å². The number of anilines is 1. The van der Waals surface area contributed by atoms with E-state index in [1.54, 1.807) is 37.5 Å². The van der Waals surface area contributed by atoms with Gasteiger partial charge in [0.2, 0.25) is 0 Å². The van der Waals surface area contributed by atoms with Gasteiger partial charge in [-0.25, -0.2) is 0 Å². The lowest BCUT2D eigenvalue weighted by atomic mass is 10.1. The molecular weight excluding hydrogens is 279 g/mol. The number of rotatable bonds is 3. The fourth-order valence-electron chi connectivity index (χ4n) is 1.94. The minimum Gasteiger partial charge on any atom is -0.378 e. The van der Waals surface area contributed by atoms with Gasteiger partial charge in [0.1, 0.15) is 0 Å². The molecule has 108 valence electrons. The maximum Gasteiger partial charge on any atom is 0.418 e. The number of aromatic nitrogens is 1. The van der Waals surface area contributed by atoms with Crippen LogP contribution < -0.4 is 5.32 Å². The lowest BCUT2D eigenvalue weighted by molar-refractivity contribution is -0.137. The fraction of sp³-hybridized carbons (Fsp3) is 0.200. The van der Waals surface area contributed by atoms with Crippen LogP contribution in [-0.4, -0.2) is 4.98 Å². The number of pyridine rings is 1. The number of halogens is 3. The molecule has 1 atom stereocenters. The van der Waals surface area contributed by atoms with Crippen molar-refractivity contribution in [3.8, 4) is 6.07 Å². The average molecular weight is 291 g/mol. The summed E-state index contributed by atoms with van der Waals surface area (Å²) < 4.78 is 39.2. The molecule has 1 aromatic heterocycles. The van der Waals surface area contributed by atoms with E-state index in [-0.39, 0.29) is 17.3 Å². The molecule has 2 rings (SSSR count). The second-order valence-electron chi connectivity index (χ2n) is 4.52. The van der Waals surface area contributed by atoms with Crippen molar-refractivity contribution in [2.75, 3.05) is 5.32 Å². The molecule has 6 heteroatoms. The number of benzene rings is 1. The van der Waals surface area contributed by atoms with Crippen molar-refractivity contribution in [1.29, 1.82) is 5.26 Å². The third-order valence-electron chi connectivity index (χ3n) is 3.03. The maximum absolute atomic E-state index is 13.1. The molecule has 3 nitrogen and oxygen atoms in total. The third-order valence-corrected chi connectivity index (χ3v) is 3.03. The van der Waals surface area contributed by atoms with Gasteiger partial charge in [0.05, 0.1) is 17.2 Å². The number of hydrogen-bond donors (Lipinski definition) is 1. The molecule has 0 saturated heterocycles. The molecule has 1 aromatic carbocycles. The molecular formula is C15H12F3N3. The number of hydrogen-bond acceptors (Lipinski definition) is 3. The first-order chi connectivity index (χ1) is 9.91. The van der Waals surface area contributed by atoms with Gasteiger partial charge in [-0.1, -0.05) is 0 Å². The Morgan fingerprint density at radius 2 is 1.86 bits per heavy atom. The molecule has 0 aliphatic rings. The number of alkyl halides is 3. The highest BCUT2D eigenvalue weighted by molar-refractivity contribution is 5.57. The summed E-state index contributed by atoms with van der Waals surface area (Å²) in [5.41, 5.74) is -0.0970. The van der Waals surface area contributed by atoms with E-state index in [9.17, 15) is 13.2 Å². The molecule has 1 N–H and O–H groups in total. The first kappa shape index (κ1) is 14.9. The molecule has 0 fully saturated rings. The van der Waals surface area contributed by atoms with E-state index in [0.29, 0.717) is 0 Å². The quantitative estimate of drug-likeness (QED) is 0.924. The van der Waals surface area contributed by atoms with Gasteiger partial charge >= 0.3 is 6.18 Å². The Hall–Kier alpha value is -2.55. The summed E-state index contributed by atoms with van der Waals surface area (Å²) >= 11 is 0. The van der Waals surface area contributed by atoms with Crippen LogP contribution in [0, 0.1) is 11.3 Å². The Kier molecular flexibility index (Phi) is 4.13. The predicted octanol–water partition coefficient (Wildman–Crippen LogP) is 4.15. The molecule has 0 bridgehead atoms. The molecule has 2 aromatic rings. The van der Waals surface area contributed by atoms with Gasteiger partial charge in [-0.15, -0.1) is 0 Å². The summed E-state index contributed by atoms with van der Waals surface area (Å²) in [6, 6.07) is 8.34. The Morgan fingerprint density at radius 1 is 1.19 bits per heavy atom. The third kappa shape index (κ3) is 3.51. The molecule has 0 saturated carbocycles. The summed E-state index contributed by atoms with van der Waals surface area (Å²) in [7, 11) is 0. The van der Waals surface area contributed by atoms with E-state index >= 15 is 0 Å². The maximum atomic E-state index is 13.1. The highest BCUT2D eigenvalue weighted by Crippen LogP contribution is 2.36.